The van der Waals surface area contributed by atoms with Gasteiger partial charge in [-0.05, 0) is 43.6 Å². The maximum absolute atomic E-state index is 11.5. The number of likely N-dealkylation sites (tertiary alicyclic amines) is 1. The van der Waals surface area contributed by atoms with Gasteiger partial charge in [0, 0.05) is 37.4 Å². The van der Waals surface area contributed by atoms with Gasteiger partial charge in [0.1, 0.15) is 0 Å². The third-order valence-electron chi connectivity index (χ3n) is 4.75. The highest BCUT2D eigenvalue weighted by Gasteiger charge is 2.18. The van der Waals surface area contributed by atoms with Crippen LogP contribution in [0.3, 0.4) is 0 Å². The van der Waals surface area contributed by atoms with E-state index in [2.05, 4.69) is 20.2 Å². The Morgan fingerprint density at radius 2 is 2.08 bits per heavy atom. The predicted molar refractivity (Wildman–Crippen MR) is 96.4 cm³/mol. The van der Waals surface area contributed by atoms with Crippen LogP contribution in [-0.2, 0) is 17.7 Å². The van der Waals surface area contributed by atoms with Crippen molar-refractivity contribution in [1.82, 2.24) is 20.2 Å². The molecule has 0 unspecified atom stereocenters. The van der Waals surface area contributed by atoms with E-state index >= 15 is 0 Å². The molecule has 0 atom stereocenters. The van der Waals surface area contributed by atoms with Gasteiger partial charge in [0.25, 0.3) is 0 Å². The average Bonchev–Trinajstić information content (AvgIpc) is 3.17. The van der Waals surface area contributed by atoms with Crippen LogP contribution in [0.5, 0.6) is 0 Å². The van der Waals surface area contributed by atoms with Crippen molar-refractivity contribution in [2.24, 2.45) is 0 Å². The van der Waals surface area contributed by atoms with Crippen molar-refractivity contribution in [2.75, 3.05) is 26.7 Å². The monoisotopic (exact) mass is 342 g/mol. The third kappa shape index (κ3) is 5.14. The van der Waals surface area contributed by atoms with Gasteiger partial charge >= 0.3 is 5.97 Å². The molecule has 1 aliphatic rings. The molecule has 1 aliphatic heterocycles. The van der Waals surface area contributed by atoms with Gasteiger partial charge in [-0.1, -0.05) is 12.1 Å². The third-order valence-corrected chi connectivity index (χ3v) is 4.75. The predicted octanol–water partition coefficient (Wildman–Crippen LogP) is 1.99. The van der Waals surface area contributed by atoms with Crippen LogP contribution in [0, 0.1) is 0 Å². The number of hydrogen-bond donors (Lipinski definition) is 2. The van der Waals surface area contributed by atoms with Crippen LogP contribution in [0.1, 0.15) is 34.5 Å². The Morgan fingerprint density at radius 1 is 1.32 bits per heavy atom. The van der Waals surface area contributed by atoms with Crippen LogP contribution < -0.4 is 5.32 Å². The van der Waals surface area contributed by atoms with Gasteiger partial charge in [0.15, 0.2) is 0 Å². The van der Waals surface area contributed by atoms with E-state index in [1.54, 1.807) is 6.33 Å². The first-order valence-corrected chi connectivity index (χ1v) is 8.85. The number of nitrogens with one attached hydrogen (secondary N) is 2. The van der Waals surface area contributed by atoms with E-state index in [0.29, 0.717) is 11.6 Å². The molecule has 0 amide bonds. The first kappa shape index (κ1) is 17.6. The highest BCUT2D eigenvalue weighted by Crippen LogP contribution is 2.15. The minimum atomic E-state index is -0.284. The number of imidazole rings is 1. The van der Waals surface area contributed by atoms with E-state index in [0.717, 1.165) is 32.6 Å². The first-order valence-electron chi connectivity index (χ1n) is 8.85. The lowest BCUT2D eigenvalue weighted by molar-refractivity contribution is 0.0600. The van der Waals surface area contributed by atoms with Crippen molar-refractivity contribution in [1.29, 1.82) is 0 Å². The van der Waals surface area contributed by atoms with E-state index in [1.807, 2.05) is 30.5 Å². The molecule has 1 saturated heterocycles. The average molecular weight is 342 g/mol. The number of methoxy groups -OCH3 is 1. The number of carbonyl (C=O) groups excluding carboxylic acids is 1. The number of H-pyrrole nitrogens is 1. The maximum atomic E-state index is 11.5. The van der Waals surface area contributed by atoms with Crippen LogP contribution in [0.25, 0.3) is 0 Å². The number of piperidine rings is 1. The molecule has 134 valence electrons. The second kappa shape index (κ2) is 8.78. The Hall–Kier alpha value is -2.18. The van der Waals surface area contributed by atoms with Crippen molar-refractivity contribution < 1.29 is 9.53 Å². The number of aromatic nitrogens is 2. The van der Waals surface area contributed by atoms with Crippen molar-refractivity contribution in [3.05, 3.63) is 53.6 Å². The summed E-state index contributed by atoms with van der Waals surface area (Å²) < 4.78 is 4.73. The number of esters is 1. The molecule has 6 heteroatoms. The summed E-state index contributed by atoms with van der Waals surface area (Å²) in [5, 5.41) is 3.64. The summed E-state index contributed by atoms with van der Waals surface area (Å²) in [4.78, 5) is 21.1. The van der Waals surface area contributed by atoms with Crippen molar-refractivity contribution in [3.8, 4) is 0 Å². The van der Waals surface area contributed by atoms with E-state index in [1.165, 1.54) is 31.2 Å². The number of hydrogen-bond acceptors (Lipinski definition) is 5. The highest BCUT2D eigenvalue weighted by molar-refractivity contribution is 5.89. The molecule has 1 aromatic carbocycles. The molecule has 0 radical (unpaired) electrons. The quantitative estimate of drug-likeness (QED) is 0.753. The van der Waals surface area contributed by atoms with E-state index in [9.17, 15) is 4.79 Å². The van der Waals surface area contributed by atoms with Crippen LogP contribution in [-0.4, -0.2) is 53.6 Å². The van der Waals surface area contributed by atoms with Crippen LogP contribution in [0.4, 0.5) is 0 Å². The molecule has 0 bridgehead atoms. The zero-order chi connectivity index (χ0) is 17.5. The molecule has 2 aromatic rings. The van der Waals surface area contributed by atoms with Crippen LogP contribution in [0.2, 0.25) is 0 Å². The number of aromatic amines is 1. The van der Waals surface area contributed by atoms with Gasteiger partial charge in [-0.15, -0.1) is 0 Å². The minimum absolute atomic E-state index is 0.284. The summed E-state index contributed by atoms with van der Waals surface area (Å²) in [5.41, 5.74) is 3.02. The number of benzene rings is 1. The number of rotatable bonds is 7. The van der Waals surface area contributed by atoms with Crippen LogP contribution >= 0.6 is 0 Å². The highest BCUT2D eigenvalue weighted by atomic mass is 16.5. The summed E-state index contributed by atoms with van der Waals surface area (Å²) in [6.07, 6.45) is 6.94. The van der Waals surface area contributed by atoms with Gasteiger partial charge in [-0.25, -0.2) is 9.78 Å². The molecule has 6 nitrogen and oxygen atoms in total. The maximum Gasteiger partial charge on any atom is 0.337 e. The van der Waals surface area contributed by atoms with Crippen molar-refractivity contribution in [3.63, 3.8) is 0 Å². The Labute approximate surface area is 148 Å². The molecule has 3 rings (SSSR count). The first-order chi connectivity index (χ1) is 12.2. The fourth-order valence-electron chi connectivity index (χ4n) is 3.25. The second-order valence-electron chi connectivity index (χ2n) is 6.52. The van der Waals surface area contributed by atoms with E-state index in [4.69, 9.17) is 4.74 Å². The number of ether oxygens (including phenoxy) is 1. The lowest BCUT2D eigenvalue weighted by atomic mass is 10.0. The van der Waals surface area contributed by atoms with Crippen LogP contribution in [0.15, 0.2) is 36.8 Å². The fourth-order valence-corrected chi connectivity index (χ4v) is 3.25. The van der Waals surface area contributed by atoms with Gasteiger partial charge in [0.05, 0.1) is 19.0 Å². The van der Waals surface area contributed by atoms with Crippen molar-refractivity contribution >= 4 is 5.97 Å². The molecule has 1 aromatic heterocycles. The largest absolute Gasteiger partial charge is 0.465 e. The van der Waals surface area contributed by atoms with Gasteiger partial charge in [-0.3, -0.25) is 4.90 Å². The summed E-state index contributed by atoms with van der Waals surface area (Å²) >= 11 is 0. The summed E-state index contributed by atoms with van der Waals surface area (Å²) in [6.45, 7) is 4.12. The normalized spacial score (nSPS) is 16.0. The van der Waals surface area contributed by atoms with E-state index < -0.39 is 0 Å². The molecule has 0 saturated carbocycles. The SMILES string of the molecule is COC(=O)c1ccc(CN2CCC(NCCc3cnc[nH]3)CC2)cc1. The molecule has 0 spiro atoms. The molecule has 25 heavy (non-hydrogen) atoms. The molecule has 1 fully saturated rings. The summed E-state index contributed by atoms with van der Waals surface area (Å²) in [7, 11) is 1.41. The molecule has 0 aliphatic carbocycles. The van der Waals surface area contributed by atoms with E-state index in [-0.39, 0.29) is 5.97 Å². The Morgan fingerprint density at radius 3 is 2.72 bits per heavy atom. The molecular formula is C19H26N4O2. The van der Waals surface area contributed by atoms with Gasteiger partial charge in [0.2, 0.25) is 0 Å². The molecule has 2 heterocycles. The number of carbonyl (C=O) groups is 1. The lowest BCUT2D eigenvalue weighted by Gasteiger charge is -2.32. The standard InChI is InChI=1S/C19H26N4O2/c1-25-19(24)16-4-2-15(3-5-16)13-23-10-7-17(8-11-23)21-9-6-18-12-20-14-22-18/h2-5,12,14,17,21H,6-11,13H2,1H3,(H,20,22). The molecular weight excluding hydrogens is 316 g/mol. The zero-order valence-electron chi connectivity index (χ0n) is 14.7. The Balaban J connectivity index is 1.38. The molecule has 2 N–H and O–H groups in total. The summed E-state index contributed by atoms with van der Waals surface area (Å²) in [5.74, 6) is -0.284. The fraction of sp³-hybridized carbons (Fsp3) is 0.474. The number of nitrogens with zero attached hydrogens (tertiary/aromatic N) is 2. The van der Waals surface area contributed by atoms with Gasteiger partial charge < -0.3 is 15.0 Å². The Kier molecular flexibility index (Phi) is 6.19. The topological polar surface area (TPSA) is 70.2 Å². The lowest BCUT2D eigenvalue weighted by Crippen LogP contribution is -2.42. The van der Waals surface area contributed by atoms with Gasteiger partial charge in [-0.2, -0.15) is 0 Å². The second-order valence-corrected chi connectivity index (χ2v) is 6.52. The van der Waals surface area contributed by atoms with Crippen molar-refractivity contribution in [2.45, 2.75) is 31.8 Å². The minimum Gasteiger partial charge on any atom is -0.465 e. The summed E-state index contributed by atoms with van der Waals surface area (Å²) in [6, 6.07) is 8.30. The Bertz CT molecular complexity index is 647. The smallest absolute Gasteiger partial charge is 0.337 e. The zero-order valence-corrected chi connectivity index (χ0v) is 14.7.